The zero-order valence-electron chi connectivity index (χ0n) is 8.66. The van der Waals surface area contributed by atoms with Crippen LogP contribution in [0.2, 0.25) is 0 Å². The molecule has 0 amide bonds. The maximum absolute atomic E-state index is 11.4. The van der Waals surface area contributed by atoms with Gasteiger partial charge in [-0.25, -0.2) is 4.79 Å². The monoisotopic (exact) mass is 283 g/mol. The van der Waals surface area contributed by atoms with E-state index >= 15 is 0 Å². The minimum Gasteiger partial charge on any atom is -0.507 e. The number of nitrogens with zero attached hydrogens (tertiary/aromatic N) is 1. The van der Waals surface area contributed by atoms with Crippen molar-refractivity contribution in [3.05, 3.63) is 28.8 Å². The zero-order valence-corrected chi connectivity index (χ0v) is 10.2. The number of carbonyl (C=O) groups excluding carboxylic acids is 1. The summed E-state index contributed by atoms with van der Waals surface area (Å²) in [6, 6.07) is 4.65. The lowest BCUT2D eigenvalue weighted by atomic mass is 10.0. The van der Waals surface area contributed by atoms with Gasteiger partial charge in [-0.15, -0.1) is 0 Å². The summed E-state index contributed by atoms with van der Waals surface area (Å²) >= 11 is 3.19. The molecule has 84 valence electrons. The Kier molecular flexibility index (Phi) is 4.32. The fourth-order valence-electron chi connectivity index (χ4n) is 1.25. The molecule has 0 radical (unpaired) electrons. The number of phenolic OH excluding ortho intramolecular Hbond substituents is 1. The van der Waals surface area contributed by atoms with Crippen molar-refractivity contribution < 1.29 is 14.6 Å². The first kappa shape index (κ1) is 12.5. The molecule has 0 spiro atoms. The van der Waals surface area contributed by atoms with Gasteiger partial charge in [0.15, 0.2) is 0 Å². The second-order valence-corrected chi connectivity index (χ2v) is 3.56. The third kappa shape index (κ3) is 2.52. The van der Waals surface area contributed by atoms with E-state index in [-0.39, 0.29) is 23.5 Å². The van der Waals surface area contributed by atoms with Gasteiger partial charge in [-0.05, 0) is 24.6 Å². The van der Waals surface area contributed by atoms with Crippen molar-refractivity contribution in [2.75, 3.05) is 6.61 Å². The van der Waals surface area contributed by atoms with Crippen LogP contribution in [0.15, 0.2) is 12.1 Å². The van der Waals surface area contributed by atoms with E-state index in [1.165, 1.54) is 12.1 Å². The fourth-order valence-corrected chi connectivity index (χ4v) is 1.69. The summed E-state index contributed by atoms with van der Waals surface area (Å²) in [5.74, 6) is -0.716. The molecule has 0 aliphatic carbocycles. The highest BCUT2D eigenvalue weighted by Crippen LogP contribution is 2.25. The van der Waals surface area contributed by atoms with Crippen LogP contribution in [0.1, 0.15) is 28.4 Å². The summed E-state index contributed by atoms with van der Waals surface area (Å²) in [7, 11) is 0. The number of nitriles is 1. The summed E-state index contributed by atoms with van der Waals surface area (Å²) in [6.07, 6.45) is 0. The van der Waals surface area contributed by atoms with Crippen LogP contribution >= 0.6 is 15.9 Å². The molecule has 0 fully saturated rings. The highest BCUT2D eigenvalue weighted by atomic mass is 79.9. The second kappa shape index (κ2) is 5.52. The van der Waals surface area contributed by atoms with E-state index in [2.05, 4.69) is 15.9 Å². The fraction of sp³-hybridized carbons (Fsp3) is 0.273. The van der Waals surface area contributed by atoms with Crippen LogP contribution in [0.25, 0.3) is 0 Å². The van der Waals surface area contributed by atoms with Crippen LogP contribution in [-0.4, -0.2) is 17.7 Å². The molecule has 0 saturated carbocycles. The lowest BCUT2D eigenvalue weighted by Gasteiger charge is -2.07. The van der Waals surface area contributed by atoms with Gasteiger partial charge in [0, 0.05) is 5.33 Å². The number of alkyl halides is 1. The number of carbonyl (C=O) groups is 1. The molecular weight excluding hydrogens is 274 g/mol. The molecule has 0 aromatic heterocycles. The molecule has 1 rings (SSSR count). The van der Waals surface area contributed by atoms with Crippen molar-refractivity contribution in [3.8, 4) is 11.8 Å². The first-order valence-electron chi connectivity index (χ1n) is 4.63. The predicted molar refractivity (Wildman–Crippen MR) is 61.4 cm³/mol. The van der Waals surface area contributed by atoms with E-state index in [1.54, 1.807) is 6.92 Å². The molecule has 1 aromatic rings. The SMILES string of the molecule is CCOC(=O)c1cc(O)c(C#N)c(CBr)c1. The molecule has 4 nitrogen and oxygen atoms in total. The zero-order chi connectivity index (χ0) is 12.1. The number of hydrogen-bond donors (Lipinski definition) is 1. The maximum atomic E-state index is 11.4. The Hall–Kier alpha value is -1.54. The highest BCUT2D eigenvalue weighted by Gasteiger charge is 2.14. The average molecular weight is 284 g/mol. The molecule has 16 heavy (non-hydrogen) atoms. The van der Waals surface area contributed by atoms with Gasteiger partial charge in [-0.2, -0.15) is 5.26 Å². The number of esters is 1. The van der Waals surface area contributed by atoms with Gasteiger partial charge in [0.1, 0.15) is 11.8 Å². The molecule has 1 N–H and O–H groups in total. The summed E-state index contributed by atoms with van der Waals surface area (Å²) in [5, 5.41) is 18.8. The summed E-state index contributed by atoms with van der Waals surface area (Å²) in [5.41, 5.74) is 0.975. The van der Waals surface area contributed by atoms with Gasteiger partial charge in [-0.1, -0.05) is 15.9 Å². The molecule has 0 aliphatic heterocycles. The molecule has 0 unspecified atom stereocenters. The van der Waals surface area contributed by atoms with E-state index < -0.39 is 5.97 Å². The topological polar surface area (TPSA) is 70.3 Å². The first-order valence-corrected chi connectivity index (χ1v) is 5.75. The van der Waals surface area contributed by atoms with E-state index in [0.29, 0.717) is 10.9 Å². The van der Waals surface area contributed by atoms with Gasteiger partial charge in [-0.3, -0.25) is 0 Å². The number of hydrogen-bond acceptors (Lipinski definition) is 4. The number of benzene rings is 1. The van der Waals surface area contributed by atoms with E-state index in [1.807, 2.05) is 6.07 Å². The Morgan fingerprint density at radius 3 is 2.81 bits per heavy atom. The van der Waals surface area contributed by atoms with Crippen LogP contribution in [0.3, 0.4) is 0 Å². The third-order valence-electron chi connectivity index (χ3n) is 1.97. The summed E-state index contributed by atoms with van der Waals surface area (Å²) in [4.78, 5) is 11.4. The van der Waals surface area contributed by atoms with E-state index in [4.69, 9.17) is 10.00 Å². The average Bonchev–Trinajstić information content (AvgIpc) is 2.28. The van der Waals surface area contributed by atoms with E-state index in [0.717, 1.165) is 0 Å². The normalized spacial score (nSPS) is 9.56. The number of halogens is 1. The minimum atomic E-state index is -0.510. The van der Waals surface area contributed by atoms with Crippen LogP contribution in [-0.2, 0) is 10.1 Å². The quantitative estimate of drug-likeness (QED) is 0.683. The summed E-state index contributed by atoms with van der Waals surface area (Å²) in [6.45, 7) is 1.97. The Balaban J connectivity index is 3.21. The minimum absolute atomic E-state index is 0.171. The van der Waals surface area contributed by atoms with Crippen molar-refractivity contribution >= 4 is 21.9 Å². The number of rotatable bonds is 3. The summed E-state index contributed by atoms with van der Waals surface area (Å²) < 4.78 is 4.81. The molecule has 0 saturated heterocycles. The molecular formula is C11H10BrNO3. The lowest BCUT2D eigenvalue weighted by molar-refractivity contribution is 0.0526. The number of aromatic hydroxyl groups is 1. The van der Waals surface area contributed by atoms with Gasteiger partial charge in [0.25, 0.3) is 0 Å². The molecule has 5 heteroatoms. The van der Waals surface area contributed by atoms with Crippen LogP contribution in [0.5, 0.6) is 5.75 Å². The van der Waals surface area contributed by atoms with Crippen LogP contribution < -0.4 is 0 Å². The van der Waals surface area contributed by atoms with Gasteiger partial charge >= 0.3 is 5.97 Å². The van der Waals surface area contributed by atoms with Crippen LogP contribution in [0.4, 0.5) is 0 Å². The van der Waals surface area contributed by atoms with Crippen molar-refractivity contribution in [2.24, 2.45) is 0 Å². The molecule has 0 heterocycles. The van der Waals surface area contributed by atoms with Crippen molar-refractivity contribution in [3.63, 3.8) is 0 Å². The van der Waals surface area contributed by atoms with Gasteiger partial charge < -0.3 is 9.84 Å². The molecule has 0 aliphatic rings. The number of phenols is 1. The maximum Gasteiger partial charge on any atom is 0.338 e. The smallest absolute Gasteiger partial charge is 0.338 e. The third-order valence-corrected chi connectivity index (χ3v) is 2.57. The first-order chi connectivity index (χ1) is 7.63. The Bertz CT molecular complexity index is 451. The van der Waals surface area contributed by atoms with Gasteiger partial charge in [0.05, 0.1) is 17.7 Å². The lowest BCUT2D eigenvalue weighted by Crippen LogP contribution is -2.05. The highest BCUT2D eigenvalue weighted by molar-refractivity contribution is 9.08. The van der Waals surface area contributed by atoms with Crippen molar-refractivity contribution in [2.45, 2.75) is 12.3 Å². The molecule has 1 aromatic carbocycles. The Morgan fingerprint density at radius 1 is 1.62 bits per heavy atom. The largest absolute Gasteiger partial charge is 0.507 e. The number of ether oxygens (including phenoxy) is 1. The predicted octanol–water partition coefficient (Wildman–Crippen LogP) is 2.34. The standard InChI is InChI=1S/C11H10BrNO3/c1-2-16-11(15)7-3-8(5-12)9(6-13)10(14)4-7/h3-4,14H,2,5H2,1H3. The van der Waals surface area contributed by atoms with Gasteiger partial charge in [0.2, 0.25) is 0 Å². The molecule has 0 atom stereocenters. The van der Waals surface area contributed by atoms with Crippen molar-refractivity contribution in [1.82, 2.24) is 0 Å². The second-order valence-electron chi connectivity index (χ2n) is 3.00. The Labute approximate surface area is 102 Å². The van der Waals surface area contributed by atoms with Crippen LogP contribution in [0, 0.1) is 11.3 Å². The molecule has 0 bridgehead atoms. The van der Waals surface area contributed by atoms with Crippen molar-refractivity contribution in [1.29, 1.82) is 5.26 Å². The van der Waals surface area contributed by atoms with E-state index in [9.17, 15) is 9.90 Å². The Morgan fingerprint density at radius 2 is 2.31 bits per heavy atom.